The molecule has 4 nitrogen and oxygen atoms in total. The average Bonchev–Trinajstić information content (AvgIpc) is 2.18. The summed E-state index contributed by atoms with van der Waals surface area (Å²) >= 11 is 3.40. The van der Waals surface area contributed by atoms with E-state index in [9.17, 15) is 0 Å². The topological polar surface area (TPSA) is 53.7 Å². The van der Waals surface area contributed by atoms with Crippen LogP contribution < -0.4 is 15.4 Å². The Morgan fingerprint density at radius 1 is 1.40 bits per heavy atom. The number of hydrogen-bond acceptors (Lipinski definition) is 4. The van der Waals surface area contributed by atoms with Gasteiger partial charge in [-0.15, -0.1) is 0 Å². The molecule has 1 aromatic carbocycles. The summed E-state index contributed by atoms with van der Waals surface area (Å²) in [7, 11) is 1.60. The molecule has 0 radical (unpaired) electrons. The minimum Gasteiger partial charge on any atom is -0.492 e. The Hall–Kier alpha value is -0.780. The molecule has 0 aliphatic carbocycles. The van der Waals surface area contributed by atoms with E-state index in [0.29, 0.717) is 24.7 Å². The van der Waals surface area contributed by atoms with Crippen LogP contribution in [0.4, 0.5) is 0 Å². The fourth-order valence-electron chi connectivity index (χ4n) is 1.26. The number of rotatable bonds is 5. The van der Waals surface area contributed by atoms with Gasteiger partial charge in [-0.2, -0.15) is 0 Å². The van der Waals surface area contributed by atoms with E-state index in [4.69, 9.17) is 15.4 Å². The molecule has 0 saturated carbocycles. The van der Waals surface area contributed by atoms with Crippen molar-refractivity contribution in [1.29, 1.82) is 0 Å². The lowest BCUT2D eigenvalue weighted by atomic mass is 10.2. The Morgan fingerprint density at radius 3 is 2.67 bits per heavy atom. The molecule has 1 rings (SSSR count). The second-order valence-corrected chi connectivity index (χ2v) is 3.71. The summed E-state index contributed by atoms with van der Waals surface area (Å²) in [5, 5.41) is 0. The van der Waals surface area contributed by atoms with Gasteiger partial charge in [0.1, 0.15) is 0 Å². The summed E-state index contributed by atoms with van der Waals surface area (Å²) in [6.07, 6.45) is 0. The summed E-state index contributed by atoms with van der Waals surface area (Å²) in [4.78, 5) is 4.57. The first-order chi connectivity index (χ1) is 7.22. The normalized spacial score (nSPS) is 10.1. The van der Waals surface area contributed by atoms with E-state index in [1.807, 2.05) is 19.1 Å². The van der Waals surface area contributed by atoms with Crippen molar-refractivity contribution in [3.63, 3.8) is 0 Å². The van der Waals surface area contributed by atoms with Crippen LogP contribution >= 0.6 is 15.9 Å². The van der Waals surface area contributed by atoms with Crippen LogP contribution in [-0.2, 0) is 11.4 Å². The third kappa shape index (κ3) is 3.09. The molecular formula is C10H14BrNO3. The fraction of sp³-hybridized carbons (Fsp3) is 0.400. The van der Waals surface area contributed by atoms with Gasteiger partial charge in [-0.3, -0.25) is 4.84 Å². The highest BCUT2D eigenvalue weighted by molar-refractivity contribution is 9.10. The largest absolute Gasteiger partial charge is 0.492 e. The first kappa shape index (κ1) is 12.3. The molecular weight excluding hydrogens is 262 g/mol. The van der Waals surface area contributed by atoms with Gasteiger partial charge in [0.05, 0.1) is 24.8 Å². The van der Waals surface area contributed by atoms with Crippen molar-refractivity contribution in [3.8, 4) is 11.5 Å². The predicted molar refractivity (Wildman–Crippen MR) is 60.8 cm³/mol. The Kier molecular flexibility index (Phi) is 4.87. The van der Waals surface area contributed by atoms with Crippen molar-refractivity contribution in [1.82, 2.24) is 0 Å². The number of hydrogen-bond donors (Lipinski definition) is 1. The van der Waals surface area contributed by atoms with Crippen molar-refractivity contribution in [3.05, 3.63) is 22.2 Å². The van der Waals surface area contributed by atoms with E-state index >= 15 is 0 Å². The molecule has 0 saturated heterocycles. The Morgan fingerprint density at radius 2 is 2.13 bits per heavy atom. The molecule has 0 aliphatic heterocycles. The third-order valence-electron chi connectivity index (χ3n) is 1.82. The SMILES string of the molecule is CCOc1cc(CON)cc(Br)c1OC. The molecule has 5 heteroatoms. The highest BCUT2D eigenvalue weighted by Crippen LogP contribution is 2.36. The molecule has 0 fully saturated rings. The van der Waals surface area contributed by atoms with Gasteiger partial charge >= 0.3 is 0 Å². The fourth-order valence-corrected chi connectivity index (χ4v) is 1.91. The van der Waals surface area contributed by atoms with Crippen molar-refractivity contribution in [2.24, 2.45) is 5.90 Å². The van der Waals surface area contributed by atoms with Crippen molar-refractivity contribution >= 4 is 15.9 Å². The standard InChI is InChI=1S/C10H14BrNO3/c1-3-14-9-5-7(6-15-12)4-8(11)10(9)13-2/h4-5H,3,6,12H2,1-2H3. The maximum Gasteiger partial charge on any atom is 0.174 e. The molecule has 84 valence electrons. The molecule has 0 aromatic heterocycles. The molecule has 0 heterocycles. The highest BCUT2D eigenvalue weighted by atomic mass is 79.9. The molecule has 2 N–H and O–H groups in total. The zero-order valence-electron chi connectivity index (χ0n) is 8.75. The van der Waals surface area contributed by atoms with Gasteiger partial charge in [-0.1, -0.05) is 0 Å². The zero-order chi connectivity index (χ0) is 11.3. The first-order valence-electron chi connectivity index (χ1n) is 4.53. The van der Waals surface area contributed by atoms with Crippen LogP contribution in [-0.4, -0.2) is 13.7 Å². The van der Waals surface area contributed by atoms with E-state index in [-0.39, 0.29) is 0 Å². The van der Waals surface area contributed by atoms with Crippen LogP contribution in [0.3, 0.4) is 0 Å². The van der Waals surface area contributed by atoms with Crippen LogP contribution in [0.2, 0.25) is 0 Å². The molecule has 0 atom stereocenters. The highest BCUT2D eigenvalue weighted by Gasteiger charge is 2.10. The summed E-state index contributed by atoms with van der Waals surface area (Å²) in [6, 6.07) is 3.73. The van der Waals surface area contributed by atoms with Crippen molar-refractivity contribution in [2.45, 2.75) is 13.5 Å². The molecule has 15 heavy (non-hydrogen) atoms. The van der Waals surface area contributed by atoms with E-state index in [2.05, 4.69) is 20.8 Å². The number of ether oxygens (including phenoxy) is 2. The summed E-state index contributed by atoms with van der Waals surface area (Å²) in [6.45, 7) is 2.83. The monoisotopic (exact) mass is 275 g/mol. The van der Waals surface area contributed by atoms with Gasteiger partial charge in [-0.05, 0) is 40.5 Å². The summed E-state index contributed by atoms with van der Waals surface area (Å²) in [5.74, 6) is 6.38. The molecule has 0 bridgehead atoms. The number of benzene rings is 1. The van der Waals surface area contributed by atoms with E-state index in [1.54, 1.807) is 7.11 Å². The van der Waals surface area contributed by atoms with Crippen LogP contribution in [0.1, 0.15) is 12.5 Å². The van der Waals surface area contributed by atoms with E-state index in [0.717, 1.165) is 10.0 Å². The lowest BCUT2D eigenvalue weighted by Gasteiger charge is -2.12. The lowest BCUT2D eigenvalue weighted by Crippen LogP contribution is -2.01. The maximum absolute atomic E-state index is 5.44. The smallest absolute Gasteiger partial charge is 0.174 e. The van der Waals surface area contributed by atoms with Gasteiger partial charge in [0, 0.05) is 0 Å². The van der Waals surface area contributed by atoms with Crippen molar-refractivity contribution < 1.29 is 14.3 Å². The van der Waals surface area contributed by atoms with Crippen LogP contribution in [0, 0.1) is 0 Å². The third-order valence-corrected chi connectivity index (χ3v) is 2.41. The lowest BCUT2D eigenvalue weighted by molar-refractivity contribution is 0.123. The maximum atomic E-state index is 5.44. The van der Waals surface area contributed by atoms with Gasteiger partial charge < -0.3 is 9.47 Å². The Balaban J connectivity index is 3.07. The number of nitrogens with two attached hydrogens (primary N) is 1. The predicted octanol–water partition coefficient (Wildman–Crippen LogP) is 2.25. The van der Waals surface area contributed by atoms with Crippen LogP contribution in [0.5, 0.6) is 11.5 Å². The van der Waals surface area contributed by atoms with Crippen molar-refractivity contribution in [2.75, 3.05) is 13.7 Å². The Labute approximate surface area is 97.4 Å². The second kappa shape index (κ2) is 5.95. The van der Waals surface area contributed by atoms with Gasteiger partial charge in [0.25, 0.3) is 0 Å². The second-order valence-electron chi connectivity index (χ2n) is 2.85. The van der Waals surface area contributed by atoms with Gasteiger partial charge in [0.15, 0.2) is 11.5 Å². The van der Waals surface area contributed by atoms with E-state index in [1.165, 1.54) is 0 Å². The summed E-state index contributed by atoms with van der Waals surface area (Å²) < 4.78 is 11.5. The van der Waals surface area contributed by atoms with Gasteiger partial charge in [-0.25, -0.2) is 5.90 Å². The number of halogens is 1. The molecule has 0 spiro atoms. The Bertz CT molecular complexity index is 331. The average molecular weight is 276 g/mol. The summed E-state index contributed by atoms with van der Waals surface area (Å²) in [5.41, 5.74) is 0.925. The first-order valence-corrected chi connectivity index (χ1v) is 5.33. The molecule has 0 unspecified atom stereocenters. The molecule has 0 aliphatic rings. The molecule has 1 aromatic rings. The van der Waals surface area contributed by atoms with Crippen LogP contribution in [0.15, 0.2) is 16.6 Å². The van der Waals surface area contributed by atoms with Gasteiger partial charge in [0.2, 0.25) is 0 Å². The number of methoxy groups -OCH3 is 1. The zero-order valence-corrected chi connectivity index (χ0v) is 10.3. The minimum atomic E-state index is 0.336. The minimum absolute atomic E-state index is 0.336. The van der Waals surface area contributed by atoms with E-state index < -0.39 is 0 Å². The molecule has 0 amide bonds. The van der Waals surface area contributed by atoms with Crippen LogP contribution in [0.25, 0.3) is 0 Å². The quantitative estimate of drug-likeness (QED) is 0.838.